The Kier molecular flexibility index (Phi) is 5.90. The van der Waals surface area contributed by atoms with Crippen LogP contribution in [0.15, 0.2) is 54.9 Å². The first-order valence-electron chi connectivity index (χ1n) is 8.88. The van der Waals surface area contributed by atoms with Crippen molar-refractivity contribution in [3.8, 4) is 11.8 Å². The highest BCUT2D eigenvalue weighted by atomic mass is 31.1. The van der Waals surface area contributed by atoms with E-state index in [9.17, 15) is 0 Å². The third kappa shape index (κ3) is 4.94. The van der Waals surface area contributed by atoms with Crippen LogP contribution in [0, 0.1) is 17.8 Å². The van der Waals surface area contributed by atoms with Crippen molar-refractivity contribution < 1.29 is 0 Å². The molecule has 1 aromatic carbocycles. The lowest BCUT2D eigenvalue weighted by molar-refractivity contribution is 0.733. The van der Waals surface area contributed by atoms with Crippen molar-refractivity contribution in [3.05, 3.63) is 71.8 Å². The summed E-state index contributed by atoms with van der Waals surface area (Å²) >= 11 is 0. The molecule has 1 unspecified atom stereocenters. The number of nitrogens with zero attached hydrogens (tertiary/aromatic N) is 2. The number of hydrogen-bond donors (Lipinski definition) is 0. The van der Waals surface area contributed by atoms with Gasteiger partial charge in [0.15, 0.2) is 0 Å². The van der Waals surface area contributed by atoms with Crippen LogP contribution < -0.4 is 0 Å². The van der Waals surface area contributed by atoms with Crippen LogP contribution in [0.25, 0.3) is 5.31 Å². The average Bonchev–Trinajstić information content (AvgIpc) is 3.36. The van der Waals surface area contributed by atoms with Gasteiger partial charge in [-0.05, 0) is 54.2 Å². The van der Waals surface area contributed by atoms with Crippen LogP contribution in [0.2, 0.25) is 0 Å². The molecule has 0 aliphatic heterocycles. The van der Waals surface area contributed by atoms with Crippen molar-refractivity contribution in [1.29, 1.82) is 0 Å². The van der Waals surface area contributed by atoms with E-state index in [1.165, 1.54) is 23.7 Å². The van der Waals surface area contributed by atoms with E-state index in [-0.39, 0.29) is 0 Å². The van der Waals surface area contributed by atoms with Gasteiger partial charge in [-0.15, -0.1) is 0 Å². The minimum Gasteiger partial charge on any atom is -0.331 e. The quantitative estimate of drug-likeness (QED) is 0.403. The molecule has 0 N–H and O–H groups in total. The van der Waals surface area contributed by atoms with Crippen molar-refractivity contribution in [1.82, 2.24) is 9.55 Å². The summed E-state index contributed by atoms with van der Waals surface area (Å²) in [5.74, 6) is 8.35. The van der Waals surface area contributed by atoms with Crippen LogP contribution in [-0.4, -0.2) is 16.2 Å². The second-order valence-electron chi connectivity index (χ2n) is 6.41. The normalized spacial score (nSPS) is 14.6. The van der Waals surface area contributed by atoms with Crippen molar-refractivity contribution in [2.75, 3.05) is 6.66 Å². The van der Waals surface area contributed by atoms with E-state index in [0.717, 1.165) is 38.5 Å². The molecule has 1 aliphatic rings. The van der Waals surface area contributed by atoms with Gasteiger partial charge < -0.3 is 4.57 Å². The van der Waals surface area contributed by atoms with E-state index in [4.69, 9.17) is 0 Å². The Labute approximate surface area is 152 Å². The molecule has 0 radical (unpaired) electrons. The minimum absolute atomic E-state index is 0.645. The highest BCUT2D eigenvalue weighted by molar-refractivity contribution is 7.49. The fourth-order valence-electron chi connectivity index (χ4n) is 2.71. The summed E-state index contributed by atoms with van der Waals surface area (Å²) in [4.78, 5) is 4.38. The SMILES string of the molecule is C=C(/C=C(\PC)c1ccc(C#CC2CC2)cc1)Cn1ccnc1CC. The monoisotopic (exact) mass is 348 g/mol. The Bertz CT molecular complexity index is 827. The molecule has 2 aromatic rings. The van der Waals surface area contributed by atoms with Crippen molar-refractivity contribution in [3.63, 3.8) is 0 Å². The highest BCUT2D eigenvalue weighted by Crippen LogP contribution is 2.32. The Morgan fingerprint density at radius 3 is 2.76 bits per heavy atom. The number of hydrogen-bond acceptors (Lipinski definition) is 1. The van der Waals surface area contributed by atoms with E-state index in [0.29, 0.717) is 5.92 Å². The van der Waals surface area contributed by atoms with Crippen molar-refractivity contribution in [2.45, 2.75) is 32.7 Å². The lowest BCUT2D eigenvalue weighted by Crippen LogP contribution is -2.03. The minimum atomic E-state index is 0.645. The molecular formula is C22H25N2P. The molecule has 0 saturated heterocycles. The van der Waals surface area contributed by atoms with E-state index >= 15 is 0 Å². The van der Waals surface area contributed by atoms with Gasteiger partial charge in [-0.25, -0.2) is 4.98 Å². The summed E-state index contributed by atoms with van der Waals surface area (Å²) in [6, 6.07) is 8.63. The van der Waals surface area contributed by atoms with Gasteiger partial charge in [-0.2, -0.15) is 0 Å². The number of allylic oxidation sites excluding steroid dienone is 2. The molecule has 1 saturated carbocycles. The van der Waals surface area contributed by atoms with Crippen LogP contribution in [0.5, 0.6) is 0 Å². The van der Waals surface area contributed by atoms with Gasteiger partial charge in [-0.3, -0.25) is 0 Å². The summed E-state index contributed by atoms with van der Waals surface area (Å²) in [6.45, 7) is 9.39. The molecule has 1 aliphatic carbocycles. The smallest absolute Gasteiger partial charge is 0.108 e. The summed E-state index contributed by atoms with van der Waals surface area (Å²) in [5.41, 5.74) is 3.48. The third-order valence-electron chi connectivity index (χ3n) is 4.30. The first-order chi connectivity index (χ1) is 12.2. The first-order valence-corrected chi connectivity index (χ1v) is 10.4. The molecule has 128 valence electrons. The molecule has 0 amide bonds. The molecule has 25 heavy (non-hydrogen) atoms. The van der Waals surface area contributed by atoms with Gasteiger partial charge in [0.1, 0.15) is 5.82 Å². The van der Waals surface area contributed by atoms with Crippen LogP contribution >= 0.6 is 8.58 Å². The predicted molar refractivity (Wildman–Crippen MR) is 109 cm³/mol. The summed E-state index contributed by atoms with van der Waals surface area (Å²) in [5, 5.41) is 1.34. The van der Waals surface area contributed by atoms with E-state index in [2.05, 4.69) is 71.9 Å². The van der Waals surface area contributed by atoms with Crippen LogP contribution in [0.3, 0.4) is 0 Å². The van der Waals surface area contributed by atoms with Crippen LogP contribution in [0.1, 0.15) is 36.7 Å². The summed E-state index contributed by atoms with van der Waals surface area (Å²) in [6.07, 6.45) is 9.60. The lowest BCUT2D eigenvalue weighted by atomic mass is 10.1. The predicted octanol–water partition coefficient (Wildman–Crippen LogP) is 5.11. The molecule has 0 spiro atoms. The van der Waals surface area contributed by atoms with Gasteiger partial charge in [0, 0.05) is 36.8 Å². The Morgan fingerprint density at radius 1 is 1.36 bits per heavy atom. The standard InChI is InChI=1S/C22H25N2P/c1-4-22-23-13-14-24(22)16-17(2)15-21(25-3)20-11-9-19(10-12-20)8-7-18-5-6-18/h9-15,18,25H,2,4-6,16H2,1,3H3/b21-15-. The first kappa shape index (κ1) is 17.7. The van der Waals surface area contributed by atoms with Crippen LogP contribution in [-0.2, 0) is 13.0 Å². The maximum Gasteiger partial charge on any atom is 0.108 e. The fourth-order valence-corrected chi connectivity index (χ4v) is 3.52. The van der Waals surface area contributed by atoms with Crippen LogP contribution in [0.4, 0.5) is 0 Å². The molecule has 0 bridgehead atoms. The number of aryl methyl sites for hydroxylation is 1. The van der Waals surface area contributed by atoms with E-state index in [1.807, 2.05) is 12.4 Å². The average molecular weight is 348 g/mol. The maximum absolute atomic E-state index is 4.38. The largest absolute Gasteiger partial charge is 0.331 e. The number of rotatable bonds is 6. The van der Waals surface area contributed by atoms with Gasteiger partial charge in [-0.1, -0.05) is 46.1 Å². The fraction of sp³-hybridized carbons (Fsp3) is 0.318. The zero-order valence-electron chi connectivity index (χ0n) is 15.0. The highest BCUT2D eigenvalue weighted by Gasteiger charge is 2.17. The summed E-state index contributed by atoms with van der Waals surface area (Å²) in [7, 11) is 0.728. The molecule has 1 fully saturated rings. The van der Waals surface area contributed by atoms with Gasteiger partial charge in [0.25, 0.3) is 0 Å². The topological polar surface area (TPSA) is 17.8 Å². The number of benzene rings is 1. The molecule has 3 rings (SSSR count). The van der Waals surface area contributed by atoms with Gasteiger partial charge >= 0.3 is 0 Å². The Balaban J connectivity index is 1.71. The Morgan fingerprint density at radius 2 is 2.12 bits per heavy atom. The number of aromatic nitrogens is 2. The van der Waals surface area contributed by atoms with Gasteiger partial charge in [0.2, 0.25) is 0 Å². The zero-order valence-corrected chi connectivity index (χ0v) is 16.0. The second kappa shape index (κ2) is 8.32. The second-order valence-corrected chi connectivity index (χ2v) is 7.45. The van der Waals surface area contributed by atoms with E-state index in [1.54, 1.807) is 0 Å². The molecular weight excluding hydrogens is 323 g/mol. The Hall–Kier alpha value is -2.10. The van der Waals surface area contributed by atoms with Crippen molar-refractivity contribution >= 4 is 13.9 Å². The molecule has 2 nitrogen and oxygen atoms in total. The summed E-state index contributed by atoms with van der Waals surface area (Å²) < 4.78 is 2.17. The molecule has 3 heteroatoms. The molecule has 1 aromatic heterocycles. The zero-order chi connectivity index (χ0) is 17.6. The van der Waals surface area contributed by atoms with Crippen molar-refractivity contribution in [2.24, 2.45) is 5.92 Å². The maximum atomic E-state index is 4.38. The van der Waals surface area contributed by atoms with Gasteiger partial charge in [0.05, 0.1) is 0 Å². The molecule has 1 heterocycles. The lowest BCUT2D eigenvalue weighted by Gasteiger charge is -2.10. The number of imidazole rings is 1. The third-order valence-corrected chi connectivity index (χ3v) is 5.27. The van der Waals surface area contributed by atoms with E-state index < -0.39 is 0 Å². The molecule has 1 atom stereocenters.